The van der Waals surface area contributed by atoms with Gasteiger partial charge < -0.3 is 4.57 Å². The van der Waals surface area contributed by atoms with Crippen LogP contribution in [0.2, 0.25) is 0 Å². The van der Waals surface area contributed by atoms with Crippen molar-refractivity contribution in [3.05, 3.63) is 109 Å². The van der Waals surface area contributed by atoms with Crippen LogP contribution in [0.4, 0.5) is 4.39 Å². The van der Waals surface area contributed by atoms with Gasteiger partial charge in [-0.05, 0) is 53.4 Å². The molecule has 0 N–H and O–H groups in total. The van der Waals surface area contributed by atoms with Crippen molar-refractivity contribution in [3.8, 4) is 0 Å². The molecule has 138 valence electrons. The summed E-state index contributed by atoms with van der Waals surface area (Å²) < 4.78 is 15.8. The Bertz CT molecular complexity index is 939. The lowest BCUT2D eigenvalue weighted by Gasteiger charge is -2.21. The van der Waals surface area contributed by atoms with Crippen LogP contribution in [0.15, 0.2) is 81.3 Å². The molecule has 0 spiro atoms. The van der Waals surface area contributed by atoms with Gasteiger partial charge in [0, 0.05) is 29.7 Å². The van der Waals surface area contributed by atoms with Gasteiger partial charge in [-0.1, -0.05) is 45.4 Å². The first kappa shape index (κ1) is 19.2. The zero-order valence-corrected chi connectivity index (χ0v) is 16.3. The van der Waals surface area contributed by atoms with E-state index in [1.807, 2.05) is 24.3 Å². The lowest BCUT2D eigenvalue weighted by atomic mass is 9.84. The molecule has 0 saturated carbocycles. The van der Waals surface area contributed by atoms with Crippen LogP contribution >= 0.6 is 15.9 Å². The van der Waals surface area contributed by atoms with E-state index in [0.717, 1.165) is 15.6 Å². The van der Waals surface area contributed by atoms with Crippen molar-refractivity contribution in [3.63, 3.8) is 0 Å². The summed E-state index contributed by atoms with van der Waals surface area (Å²) in [6.07, 6.45) is 2.05. The van der Waals surface area contributed by atoms with E-state index in [1.165, 1.54) is 22.8 Å². The van der Waals surface area contributed by atoms with E-state index in [9.17, 15) is 14.1 Å². The largest absolute Gasteiger partial charge is 0.318 e. The highest BCUT2D eigenvalue weighted by Gasteiger charge is 2.22. The highest BCUT2D eigenvalue weighted by atomic mass is 79.9. The molecule has 0 amide bonds. The number of aromatic nitrogens is 1. The molecule has 6 heteroatoms. The topological polar surface area (TPSA) is 51.4 Å². The Labute approximate surface area is 164 Å². The molecule has 0 bridgehead atoms. The molecule has 2 aromatic carbocycles. The number of nitroso groups, excluding NO2 is 1. The molecular formula is C21H18BrFN2O2. The van der Waals surface area contributed by atoms with Crippen molar-refractivity contribution in [1.29, 1.82) is 0 Å². The van der Waals surface area contributed by atoms with Crippen molar-refractivity contribution < 1.29 is 4.39 Å². The number of hydrogen-bond acceptors (Lipinski definition) is 3. The quantitative estimate of drug-likeness (QED) is 0.499. The Balaban J connectivity index is 1.99. The SMILES string of the molecule is Cn1cc(C(CC(c2ccc(F)cc2)c2ccc(Br)cc2)N=O)ccc1=O. The minimum absolute atomic E-state index is 0.140. The smallest absolute Gasteiger partial charge is 0.250 e. The van der Waals surface area contributed by atoms with Crippen LogP contribution < -0.4 is 5.56 Å². The minimum Gasteiger partial charge on any atom is -0.318 e. The molecule has 0 radical (unpaired) electrons. The first-order chi connectivity index (χ1) is 13.0. The lowest BCUT2D eigenvalue weighted by molar-refractivity contribution is 0.585. The fraction of sp³-hybridized carbons (Fsp3) is 0.190. The maximum absolute atomic E-state index is 13.4. The van der Waals surface area contributed by atoms with E-state index in [0.29, 0.717) is 12.0 Å². The zero-order valence-electron chi connectivity index (χ0n) is 14.7. The normalized spacial score (nSPS) is 13.1. The number of pyridine rings is 1. The monoisotopic (exact) mass is 428 g/mol. The number of halogens is 2. The first-order valence-corrected chi connectivity index (χ1v) is 9.27. The molecule has 1 aromatic heterocycles. The van der Waals surface area contributed by atoms with E-state index in [4.69, 9.17) is 0 Å². The van der Waals surface area contributed by atoms with Gasteiger partial charge in [-0.15, -0.1) is 0 Å². The van der Waals surface area contributed by atoms with Gasteiger partial charge in [0.25, 0.3) is 0 Å². The van der Waals surface area contributed by atoms with E-state index in [1.54, 1.807) is 31.4 Å². The summed E-state index contributed by atoms with van der Waals surface area (Å²) in [6, 6.07) is 16.5. The van der Waals surface area contributed by atoms with Gasteiger partial charge in [-0.3, -0.25) is 4.79 Å². The second-order valence-electron chi connectivity index (χ2n) is 6.42. The molecule has 0 aliphatic rings. The molecular weight excluding hydrogens is 411 g/mol. The van der Waals surface area contributed by atoms with Crippen molar-refractivity contribution in [1.82, 2.24) is 4.57 Å². The number of aryl methyl sites for hydroxylation is 1. The van der Waals surface area contributed by atoms with E-state index >= 15 is 0 Å². The fourth-order valence-electron chi connectivity index (χ4n) is 3.13. The summed E-state index contributed by atoms with van der Waals surface area (Å²) in [5.74, 6) is -0.449. The van der Waals surface area contributed by atoms with E-state index in [-0.39, 0.29) is 17.3 Å². The van der Waals surface area contributed by atoms with Crippen LogP contribution in [0.25, 0.3) is 0 Å². The Morgan fingerprint density at radius 3 is 2.07 bits per heavy atom. The van der Waals surface area contributed by atoms with Gasteiger partial charge >= 0.3 is 0 Å². The average Bonchev–Trinajstić information content (AvgIpc) is 2.67. The standard InChI is InChI=1S/C21H18BrFN2O2/c1-25-13-16(6-11-21(25)26)20(24-27)12-19(14-2-7-17(22)8-3-14)15-4-9-18(23)10-5-15/h2-11,13,19-20H,12H2,1H3. The second kappa shape index (κ2) is 8.39. The summed E-state index contributed by atoms with van der Waals surface area (Å²) in [4.78, 5) is 23.2. The summed E-state index contributed by atoms with van der Waals surface area (Å²) in [6.45, 7) is 0. The lowest BCUT2D eigenvalue weighted by Crippen LogP contribution is -2.16. The number of nitrogens with zero attached hydrogens (tertiary/aromatic N) is 2. The third-order valence-corrected chi connectivity index (χ3v) is 5.15. The molecule has 2 unspecified atom stereocenters. The van der Waals surface area contributed by atoms with Crippen molar-refractivity contribution >= 4 is 15.9 Å². The molecule has 0 fully saturated rings. The minimum atomic E-state index is -0.629. The van der Waals surface area contributed by atoms with Crippen LogP contribution in [-0.4, -0.2) is 4.57 Å². The van der Waals surface area contributed by atoms with Crippen LogP contribution in [-0.2, 0) is 7.05 Å². The number of hydrogen-bond donors (Lipinski definition) is 0. The van der Waals surface area contributed by atoms with Crippen LogP contribution in [0.3, 0.4) is 0 Å². The predicted molar refractivity (Wildman–Crippen MR) is 107 cm³/mol. The van der Waals surface area contributed by atoms with Gasteiger partial charge in [0.1, 0.15) is 11.9 Å². The predicted octanol–water partition coefficient (Wildman–Crippen LogP) is 5.32. The summed E-state index contributed by atoms with van der Waals surface area (Å²) in [5.41, 5.74) is 2.43. The van der Waals surface area contributed by atoms with Crippen molar-refractivity contribution in [2.24, 2.45) is 12.2 Å². The van der Waals surface area contributed by atoms with Gasteiger partial charge in [-0.2, -0.15) is 4.91 Å². The summed E-state index contributed by atoms with van der Waals surface area (Å²) in [7, 11) is 1.64. The number of rotatable bonds is 6. The van der Waals surface area contributed by atoms with Crippen LogP contribution in [0.5, 0.6) is 0 Å². The Hall–Kier alpha value is -2.60. The first-order valence-electron chi connectivity index (χ1n) is 8.48. The van der Waals surface area contributed by atoms with Crippen LogP contribution in [0, 0.1) is 10.7 Å². The molecule has 4 nitrogen and oxygen atoms in total. The molecule has 0 aliphatic heterocycles. The van der Waals surface area contributed by atoms with Crippen LogP contribution in [0.1, 0.15) is 35.1 Å². The molecule has 3 aromatic rings. The van der Waals surface area contributed by atoms with Gasteiger partial charge in [0.2, 0.25) is 5.56 Å². The Morgan fingerprint density at radius 2 is 1.52 bits per heavy atom. The van der Waals surface area contributed by atoms with Crippen molar-refractivity contribution in [2.75, 3.05) is 0 Å². The third-order valence-electron chi connectivity index (χ3n) is 4.62. The molecule has 0 aliphatic carbocycles. The maximum atomic E-state index is 13.4. The molecule has 3 rings (SSSR count). The van der Waals surface area contributed by atoms with E-state index in [2.05, 4.69) is 21.1 Å². The van der Waals surface area contributed by atoms with Crippen molar-refractivity contribution in [2.45, 2.75) is 18.4 Å². The maximum Gasteiger partial charge on any atom is 0.250 e. The molecule has 0 saturated heterocycles. The Kier molecular flexibility index (Phi) is 5.96. The molecule has 2 atom stereocenters. The highest BCUT2D eigenvalue weighted by Crippen LogP contribution is 2.36. The zero-order chi connectivity index (χ0) is 19.4. The fourth-order valence-corrected chi connectivity index (χ4v) is 3.39. The highest BCUT2D eigenvalue weighted by molar-refractivity contribution is 9.10. The van der Waals surface area contributed by atoms with Gasteiger partial charge in [0.05, 0.1) is 0 Å². The molecule has 27 heavy (non-hydrogen) atoms. The molecule has 1 heterocycles. The average molecular weight is 429 g/mol. The summed E-state index contributed by atoms with van der Waals surface area (Å²) in [5, 5.41) is 3.31. The second-order valence-corrected chi connectivity index (χ2v) is 7.34. The summed E-state index contributed by atoms with van der Waals surface area (Å²) >= 11 is 3.43. The Morgan fingerprint density at radius 1 is 0.963 bits per heavy atom. The van der Waals surface area contributed by atoms with Gasteiger partial charge in [0.15, 0.2) is 0 Å². The van der Waals surface area contributed by atoms with Gasteiger partial charge in [-0.25, -0.2) is 4.39 Å². The number of benzene rings is 2. The van der Waals surface area contributed by atoms with E-state index < -0.39 is 6.04 Å². The third kappa shape index (κ3) is 4.57.